The van der Waals surface area contributed by atoms with E-state index in [0.29, 0.717) is 12.0 Å². The molecule has 0 spiro atoms. The Morgan fingerprint density at radius 2 is 1.92 bits per heavy atom. The number of nitrogens with one attached hydrogen (secondary N) is 1. The molecule has 3 saturated heterocycles. The summed E-state index contributed by atoms with van der Waals surface area (Å²) in [6.07, 6.45) is 8.91. The van der Waals surface area contributed by atoms with Crippen molar-refractivity contribution in [3.05, 3.63) is 29.8 Å². The van der Waals surface area contributed by atoms with Gasteiger partial charge in [0.15, 0.2) is 0 Å². The number of fused-ring (bicyclic) bond motifs is 2. The fourth-order valence-electron chi connectivity index (χ4n) is 4.65. The number of unbranched alkanes of at least 4 members (excludes halogenated alkanes) is 4. The van der Waals surface area contributed by atoms with Crippen LogP contribution in [0.25, 0.3) is 0 Å². The Morgan fingerprint density at radius 3 is 2.76 bits per heavy atom. The first-order valence-corrected chi connectivity index (χ1v) is 10.2. The van der Waals surface area contributed by atoms with E-state index in [0.717, 1.165) is 18.8 Å². The van der Waals surface area contributed by atoms with Crippen LogP contribution in [0.5, 0.6) is 5.75 Å². The molecule has 3 fully saturated rings. The summed E-state index contributed by atoms with van der Waals surface area (Å²) in [7, 11) is 0. The minimum Gasteiger partial charge on any atom is -0.493 e. The molecule has 0 amide bonds. The fraction of sp³-hybridized carbons (Fsp3) is 0.667. The first kappa shape index (κ1) is 16.9. The van der Waals surface area contributed by atoms with Crippen molar-refractivity contribution in [3.63, 3.8) is 0 Å². The number of rotatable bonds is 8. The Hall–Kier alpha value is -1.55. The molecule has 0 aliphatic carbocycles. The van der Waals surface area contributed by atoms with Crippen molar-refractivity contribution in [2.24, 2.45) is 11.0 Å². The molecule has 0 saturated carbocycles. The van der Waals surface area contributed by atoms with Gasteiger partial charge in [-0.25, -0.2) is 0 Å². The minimum absolute atomic E-state index is 0.245. The molecule has 4 nitrogen and oxygen atoms in total. The Bertz CT molecular complexity index is 607. The first-order chi connectivity index (χ1) is 12.4. The van der Waals surface area contributed by atoms with E-state index in [1.54, 1.807) is 0 Å². The van der Waals surface area contributed by atoms with Crippen LogP contribution >= 0.6 is 0 Å². The fourth-order valence-corrected chi connectivity index (χ4v) is 4.65. The molecule has 5 rings (SSSR count). The van der Waals surface area contributed by atoms with Gasteiger partial charge in [-0.3, -0.25) is 4.90 Å². The third kappa shape index (κ3) is 3.41. The van der Waals surface area contributed by atoms with E-state index in [4.69, 9.17) is 9.84 Å². The Morgan fingerprint density at radius 1 is 1.12 bits per heavy atom. The van der Waals surface area contributed by atoms with Gasteiger partial charge in [0.05, 0.1) is 24.4 Å². The summed E-state index contributed by atoms with van der Waals surface area (Å²) in [6.45, 7) is 5.50. The average molecular weight is 341 g/mol. The van der Waals surface area contributed by atoms with Crippen LogP contribution in [-0.2, 0) is 0 Å². The van der Waals surface area contributed by atoms with E-state index in [1.807, 2.05) is 0 Å². The van der Waals surface area contributed by atoms with Crippen LogP contribution in [0.4, 0.5) is 0 Å². The Kier molecular flexibility index (Phi) is 5.25. The molecule has 0 aromatic heterocycles. The Labute approximate surface area is 151 Å². The molecule has 0 radical (unpaired) electrons. The molecule has 4 aliphatic heterocycles. The van der Waals surface area contributed by atoms with Gasteiger partial charge >= 0.3 is 0 Å². The van der Waals surface area contributed by atoms with Crippen LogP contribution < -0.4 is 10.2 Å². The lowest BCUT2D eigenvalue weighted by Crippen LogP contribution is -2.56. The molecular formula is C21H31N3O. The summed E-state index contributed by atoms with van der Waals surface area (Å²) >= 11 is 0. The van der Waals surface area contributed by atoms with Crippen LogP contribution in [0, 0.1) is 5.92 Å². The van der Waals surface area contributed by atoms with Gasteiger partial charge in [0.25, 0.3) is 0 Å². The van der Waals surface area contributed by atoms with Gasteiger partial charge in [-0.05, 0) is 38.4 Å². The van der Waals surface area contributed by atoms with Crippen molar-refractivity contribution >= 4 is 5.71 Å². The zero-order valence-corrected chi connectivity index (χ0v) is 15.4. The first-order valence-electron chi connectivity index (χ1n) is 10.2. The zero-order chi connectivity index (χ0) is 17.1. The number of hydrazone groups is 1. The van der Waals surface area contributed by atoms with Crippen LogP contribution in [0.15, 0.2) is 29.4 Å². The molecule has 25 heavy (non-hydrogen) atoms. The summed E-state index contributed by atoms with van der Waals surface area (Å²) in [4.78, 5) is 2.62. The molecule has 4 heteroatoms. The van der Waals surface area contributed by atoms with Crippen LogP contribution in [0.1, 0.15) is 63.5 Å². The normalized spacial score (nSPS) is 29.9. The lowest BCUT2D eigenvalue weighted by atomic mass is 9.78. The average Bonchev–Trinajstić information content (AvgIpc) is 3.13. The molecule has 4 heterocycles. The largest absolute Gasteiger partial charge is 0.493 e. The highest BCUT2D eigenvalue weighted by Gasteiger charge is 2.47. The maximum Gasteiger partial charge on any atom is 0.124 e. The van der Waals surface area contributed by atoms with E-state index >= 15 is 0 Å². The van der Waals surface area contributed by atoms with Crippen molar-refractivity contribution in [1.82, 2.24) is 10.3 Å². The molecule has 1 aromatic carbocycles. The van der Waals surface area contributed by atoms with Crippen molar-refractivity contribution in [3.8, 4) is 5.75 Å². The molecule has 2 unspecified atom stereocenters. The lowest BCUT2D eigenvalue weighted by Gasteiger charge is -2.45. The highest BCUT2D eigenvalue weighted by atomic mass is 16.5. The third-order valence-electron chi connectivity index (χ3n) is 6.05. The van der Waals surface area contributed by atoms with Gasteiger partial charge in [-0.2, -0.15) is 5.10 Å². The van der Waals surface area contributed by atoms with Crippen LogP contribution in [0.2, 0.25) is 0 Å². The van der Waals surface area contributed by atoms with Crippen molar-refractivity contribution in [2.75, 3.05) is 19.7 Å². The zero-order valence-electron chi connectivity index (χ0n) is 15.4. The Balaban J connectivity index is 1.41. The number of ether oxygens (including phenoxy) is 1. The molecule has 1 aromatic rings. The number of para-hydroxylation sites is 1. The molecule has 4 aliphatic rings. The monoisotopic (exact) mass is 341 g/mol. The number of hydrogen-bond donors (Lipinski definition) is 1. The summed E-state index contributed by atoms with van der Waals surface area (Å²) in [6, 6.07) is 9.22. The summed E-state index contributed by atoms with van der Waals surface area (Å²) < 4.78 is 6.18. The predicted octanol–water partition coefficient (Wildman–Crippen LogP) is 4.13. The topological polar surface area (TPSA) is 36.9 Å². The van der Waals surface area contributed by atoms with Gasteiger partial charge in [-0.1, -0.05) is 50.8 Å². The smallest absolute Gasteiger partial charge is 0.124 e. The van der Waals surface area contributed by atoms with E-state index in [-0.39, 0.29) is 6.04 Å². The quantitative estimate of drug-likeness (QED) is 0.722. The van der Waals surface area contributed by atoms with Gasteiger partial charge < -0.3 is 10.2 Å². The van der Waals surface area contributed by atoms with E-state index in [2.05, 4.69) is 41.5 Å². The highest BCUT2D eigenvalue weighted by Crippen LogP contribution is 2.41. The molecular weight excluding hydrogens is 310 g/mol. The predicted molar refractivity (Wildman–Crippen MR) is 102 cm³/mol. The molecule has 136 valence electrons. The second-order valence-corrected chi connectivity index (χ2v) is 7.70. The van der Waals surface area contributed by atoms with Crippen molar-refractivity contribution in [1.29, 1.82) is 0 Å². The maximum absolute atomic E-state index is 6.18. The summed E-state index contributed by atoms with van der Waals surface area (Å²) in [5.74, 6) is 1.73. The molecule has 2 atom stereocenters. The number of piperidine rings is 3. The molecule has 2 bridgehead atoms. The van der Waals surface area contributed by atoms with E-state index in [9.17, 15) is 0 Å². The van der Waals surface area contributed by atoms with Crippen LogP contribution in [-0.4, -0.2) is 36.3 Å². The van der Waals surface area contributed by atoms with E-state index < -0.39 is 0 Å². The lowest BCUT2D eigenvalue weighted by molar-refractivity contribution is 0.132. The SMILES string of the molecule is CCCCCCCOc1ccccc1C1NN=C2C3CCN(CC3)C21. The standard InChI is InChI=1S/C21H31N3O/c1-2-3-4-5-8-15-25-18-10-7-6-9-17(18)20-21-19(22-23-20)16-11-13-24(21)14-12-16/h6-7,9-10,16,20-21,23H,2-5,8,11-15H2,1H3. The van der Waals surface area contributed by atoms with Crippen LogP contribution in [0.3, 0.4) is 0 Å². The van der Waals surface area contributed by atoms with Gasteiger partial charge in [0.2, 0.25) is 0 Å². The number of benzene rings is 1. The van der Waals surface area contributed by atoms with Crippen molar-refractivity contribution in [2.45, 2.75) is 64.0 Å². The van der Waals surface area contributed by atoms with Crippen molar-refractivity contribution < 1.29 is 4.74 Å². The number of hydrogen-bond acceptors (Lipinski definition) is 4. The highest BCUT2D eigenvalue weighted by molar-refractivity contribution is 5.95. The van der Waals surface area contributed by atoms with Gasteiger partial charge in [-0.15, -0.1) is 0 Å². The number of nitrogens with zero attached hydrogens (tertiary/aromatic N) is 2. The molecule has 1 N–H and O–H groups in total. The van der Waals surface area contributed by atoms with Gasteiger partial charge in [0, 0.05) is 11.5 Å². The second kappa shape index (κ2) is 7.77. The van der Waals surface area contributed by atoms with E-state index in [1.165, 1.54) is 62.9 Å². The van der Waals surface area contributed by atoms with Gasteiger partial charge in [0.1, 0.15) is 5.75 Å². The second-order valence-electron chi connectivity index (χ2n) is 7.70. The minimum atomic E-state index is 0.245. The maximum atomic E-state index is 6.18. The summed E-state index contributed by atoms with van der Waals surface area (Å²) in [5.41, 5.74) is 6.10. The summed E-state index contributed by atoms with van der Waals surface area (Å²) in [5, 5.41) is 4.74. The third-order valence-corrected chi connectivity index (χ3v) is 6.05.